The molecule has 1 aromatic rings. The maximum atomic E-state index is 13.3. The Labute approximate surface area is 87.4 Å². The molecular formula is C9H12BFO4. The van der Waals surface area contributed by atoms with E-state index in [4.69, 9.17) is 19.5 Å². The van der Waals surface area contributed by atoms with Gasteiger partial charge < -0.3 is 19.5 Å². The van der Waals surface area contributed by atoms with Crippen LogP contribution in [0.5, 0.6) is 11.5 Å². The Morgan fingerprint density at radius 2 is 2.00 bits per heavy atom. The van der Waals surface area contributed by atoms with E-state index in [1.54, 1.807) is 6.92 Å². The summed E-state index contributed by atoms with van der Waals surface area (Å²) in [5, 5.41) is 17.7. The molecule has 0 saturated carbocycles. The second-order valence-corrected chi connectivity index (χ2v) is 2.83. The molecule has 0 unspecified atom stereocenters. The Kier molecular flexibility index (Phi) is 3.93. The van der Waals surface area contributed by atoms with Crippen LogP contribution in [0.2, 0.25) is 0 Å². The van der Waals surface area contributed by atoms with Crippen molar-refractivity contribution in [2.24, 2.45) is 0 Å². The average molecular weight is 214 g/mol. The Hall–Kier alpha value is -1.27. The maximum absolute atomic E-state index is 13.3. The summed E-state index contributed by atoms with van der Waals surface area (Å²) in [5.74, 6) is -0.238. The molecule has 82 valence electrons. The highest BCUT2D eigenvalue weighted by atomic mass is 19.1. The first-order chi connectivity index (χ1) is 7.10. The van der Waals surface area contributed by atoms with Gasteiger partial charge in [0.15, 0.2) is 11.5 Å². The Morgan fingerprint density at radius 1 is 1.33 bits per heavy atom. The minimum atomic E-state index is -1.87. The minimum Gasteiger partial charge on any atom is -0.493 e. The first-order valence-corrected chi connectivity index (χ1v) is 4.46. The van der Waals surface area contributed by atoms with Gasteiger partial charge in [0.05, 0.1) is 13.7 Å². The Bertz CT molecular complexity index is 343. The molecule has 0 aromatic heterocycles. The first-order valence-electron chi connectivity index (χ1n) is 4.46. The molecule has 0 atom stereocenters. The molecule has 0 spiro atoms. The summed E-state index contributed by atoms with van der Waals surface area (Å²) in [6.45, 7) is 2.13. The molecule has 0 radical (unpaired) electrons. The van der Waals surface area contributed by atoms with Crippen LogP contribution in [-0.2, 0) is 0 Å². The second-order valence-electron chi connectivity index (χ2n) is 2.83. The highest BCUT2D eigenvalue weighted by molar-refractivity contribution is 6.58. The van der Waals surface area contributed by atoms with Gasteiger partial charge in [-0.3, -0.25) is 0 Å². The fraction of sp³-hybridized carbons (Fsp3) is 0.333. The van der Waals surface area contributed by atoms with Gasteiger partial charge in [-0.05, 0) is 13.0 Å². The lowest BCUT2D eigenvalue weighted by Crippen LogP contribution is -2.32. The van der Waals surface area contributed by atoms with Gasteiger partial charge in [0, 0.05) is 11.5 Å². The molecule has 4 nitrogen and oxygen atoms in total. The van der Waals surface area contributed by atoms with Crippen LogP contribution < -0.4 is 14.9 Å². The van der Waals surface area contributed by atoms with Crippen molar-refractivity contribution >= 4 is 12.6 Å². The van der Waals surface area contributed by atoms with Gasteiger partial charge in [0.1, 0.15) is 5.82 Å². The van der Waals surface area contributed by atoms with Crippen LogP contribution in [0.4, 0.5) is 4.39 Å². The normalized spacial score (nSPS) is 9.93. The van der Waals surface area contributed by atoms with Crippen LogP contribution in [0, 0.1) is 5.82 Å². The summed E-state index contributed by atoms with van der Waals surface area (Å²) in [6.07, 6.45) is 0. The van der Waals surface area contributed by atoms with Gasteiger partial charge in [-0.25, -0.2) is 4.39 Å². The van der Waals surface area contributed by atoms with Crippen LogP contribution >= 0.6 is 0 Å². The predicted octanol–water partition coefficient (Wildman–Crippen LogP) is -0.0872. The van der Waals surface area contributed by atoms with Gasteiger partial charge in [0.25, 0.3) is 0 Å². The zero-order valence-corrected chi connectivity index (χ0v) is 8.53. The zero-order valence-electron chi connectivity index (χ0n) is 8.53. The molecule has 1 rings (SSSR count). The smallest absolute Gasteiger partial charge is 0.491 e. The number of halogens is 1. The molecule has 1 aromatic carbocycles. The molecule has 0 heterocycles. The van der Waals surface area contributed by atoms with Crippen molar-refractivity contribution in [1.29, 1.82) is 0 Å². The van der Waals surface area contributed by atoms with Crippen LogP contribution in [0.25, 0.3) is 0 Å². The fourth-order valence-electron chi connectivity index (χ4n) is 1.18. The summed E-state index contributed by atoms with van der Waals surface area (Å²) in [6, 6.07) is 2.27. The lowest BCUT2D eigenvalue weighted by Gasteiger charge is -2.11. The highest BCUT2D eigenvalue weighted by Gasteiger charge is 2.20. The van der Waals surface area contributed by atoms with Crippen molar-refractivity contribution in [3.63, 3.8) is 0 Å². The lowest BCUT2D eigenvalue weighted by molar-refractivity contribution is 0.309. The van der Waals surface area contributed by atoms with Crippen LogP contribution in [0.3, 0.4) is 0 Å². The first kappa shape index (κ1) is 11.8. The van der Waals surface area contributed by atoms with Gasteiger partial charge in [-0.1, -0.05) is 0 Å². The van der Waals surface area contributed by atoms with Crippen molar-refractivity contribution in [3.8, 4) is 11.5 Å². The topological polar surface area (TPSA) is 58.9 Å². The quantitative estimate of drug-likeness (QED) is 0.687. The van der Waals surface area contributed by atoms with E-state index in [1.807, 2.05) is 0 Å². The van der Waals surface area contributed by atoms with Crippen LogP contribution in [0.1, 0.15) is 6.92 Å². The molecule has 0 amide bonds. The van der Waals surface area contributed by atoms with E-state index in [0.29, 0.717) is 6.61 Å². The second kappa shape index (κ2) is 5.00. The third-order valence-electron chi connectivity index (χ3n) is 1.86. The van der Waals surface area contributed by atoms with E-state index < -0.39 is 12.9 Å². The summed E-state index contributed by atoms with van der Waals surface area (Å²) >= 11 is 0. The highest BCUT2D eigenvalue weighted by Crippen LogP contribution is 2.26. The van der Waals surface area contributed by atoms with Crippen LogP contribution in [-0.4, -0.2) is 30.9 Å². The molecule has 0 bridgehead atoms. The largest absolute Gasteiger partial charge is 0.493 e. The van der Waals surface area contributed by atoms with Crippen molar-refractivity contribution < 1.29 is 23.9 Å². The molecule has 0 fully saturated rings. The molecule has 0 saturated heterocycles. The minimum absolute atomic E-state index is 0.238. The average Bonchev–Trinajstić information content (AvgIpc) is 2.18. The van der Waals surface area contributed by atoms with E-state index >= 15 is 0 Å². The molecule has 0 aliphatic carbocycles. The Morgan fingerprint density at radius 3 is 2.47 bits per heavy atom. The van der Waals surface area contributed by atoms with E-state index in [1.165, 1.54) is 13.2 Å². The Balaban J connectivity index is 3.16. The third kappa shape index (κ3) is 2.61. The number of hydrogen-bond acceptors (Lipinski definition) is 4. The summed E-state index contributed by atoms with van der Waals surface area (Å²) in [4.78, 5) is 0. The predicted molar refractivity (Wildman–Crippen MR) is 53.9 cm³/mol. The van der Waals surface area contributed by atoms with Crippen molar-refractivity contribution in [2.45, 2.75) is 6.92 Å². The number of benzene rings is 1. The molecule has 0 aliphatic heterocycles. The number of ether oxygens (including phenoxy) is 2. The molecule has 2 N–H and O–H groups in total. The van der Waals surface area contributed by atoms with Crippen LogP contribution in [0.15, 0.2) is 12.1 Å². The third-order valence-corrected chi connectivity index (χ3v) is 1.86. The fourth-order valence-corrected chi connectivity index (χ4v) is 1.18. The molecule has 0 aliphatic rings. The SMILES string of the molecule is CCOc1cc(F)c(B(O)O)cc1OC. The number of rotatable bonds is 4. The van der Waals surface area contributed by atoms with E-state index in [2.05, 4.69) is 0 Å². The lowest BCUT2D eigenvalue weighted by atomic mass is 9.79. The zero-order chi connectivity index (χ0) is 11.4. The summed E-state index contributed by atoms with van der Waals surface area (Å²) < 4.78 is 23.3. The van der Waals surface area contributed by atoms with E-state index in [0.717, 1.165) is 6.07 Å². The monoisotopic (exact) mass is 214 g/mol. The summed E-state index contributed by atoms with van der Waals surface area (Å²) in [5.41, 5.74) is -0.240. The van der Waals surface area contributed by atoms with Gasteiger partial charge >= 0.3 is 7.12 Å². The van der Waals surface area contributed by atoms with E-state index in [9.17, 15) is 4.39 Å². The van der Waals surface area contributed by atoms with Gasteiger partial charge in [-0.15, -0.1) is 0 Å². The van der Waals surface area contributed by atoms with Crippen molar-refractivity contribution in [1.82, 2.24) is 0 Å². The standard InChI is InChI=1S/C9H12BFO4/c1-3-15-9-5-7(11)6(10(12)13)4-8(9)14-2/h4-5,12-13H,3H2,1-2H3. The van der Waals surface area contributed by atoms with E-state index in [-0.39, 0.29) is 17.0 Å². The molecular weight excluding hydrogens is 202 g/mol. The van der Waals surface area contributed by atoms with Crippen molar-refractivity contribution in [3.05, 3.63) is 17.9 Å². The molecule has 6 heteroatoms. The number of hydrogen-bond donors (Lipinski definition) is 2. The number of methoxy groups -OCH3 is 1. The summed E-state index contributed by atoms with van der Waals surface area (Å²) in [7, 11) is -0.474. The van der Waals surface area contributed by atoms with Gasteiger partial charge in [-0.2, -0.15) is 0 Å². The molecule has 15 heavy (non-hydrogen) atoms. The maximum Gasteiger partial charge on any atom is 0.491 e. The van der Waals surface area contributed by atoms with Gasteiger partial charge in [0.2, 0.25) is 0 Å². The van der Waals surface area contributed by atoms with Crippen molar-refractivity contribution in [2.75, 3.05) is 13.7 Å².